The highest BCUT2D eigenvalue weighted by Crippen LogP contribution is 2.27. The van der Waals surface area contributed by atoms with Gasteiger partial charge in [0.15, 0.2) is 11.5 Å². The van der Waals surface area contributed by atoms with E-state index in [0.29, 0.717) is 11.3 Å². The molecule has 3 aromatic heterocycles. The number of methoxy groups -OCH3 is 1. The number of hydrogen-bond donors (Lipinski definition) is 1. The molecule has 0 amide bonds. The van der Waals surface area contributed by atoms with Gasteiger partial charge < -0.3 is 14.8 Å². The zero-order valence-corrected chi connectivity index (χ0v) is 17.0. The Kier molecular flexibility index (Phi) is 7.06. The summed E-state index contributed by atoms with van der Waals surface area (Å²) >= 11 is 6.06. The molecule has 0 aromatic carbocycles. The molecule has 9 nitrogen and oxygen atoms in total. The van der Waals surface area contributed by atoms with Crippen LogP contribution in [0.25, 0.3) is 11.0 Å². The first-order valence-electron chi connectivity index (χ1n) is 8.97. The maximum absolute atomic E-state index is 12.3. The van der Waals surface area contributed by atoms with Crippen molar-refractivity contribution < 1.29 is 23.0 Å². The lowest BCUT2D eigenvalue weighted by Crippen LogP contribution is -2.11. The highest BCUT2D eigenvalue weighted by atomic mass is 35.5. The summed E-state index contributed by atoms with van der Waals surface area (Å²) in [6.07, 6.45) is -1.17. The van der Waals surface area contributed by atoms with E-state index in [9.17, 15) is 13.6 Å². The molecule has 0 spiro atoms. The molecule has 160 valence electrons. The number of anilines is 2. The molecule has 0 aliphatic carbocycles. The van der Waals surface area contributed by atoms with Crippen molar-refractivity contribution in [1.29, 1.82) is 0 Å². The van der Waals surface area contributed by atoms with Gasteiger partial charge in [0.1, 0.15) is 16.9 Å². The van der Waals surface area contributed by atoms with Gasteiger partial charge >= 0.3 is 5.97 Å². The number of ether oxygens (including phenoxy) is 2. The van der Waals surface area contributed by atoms with Gasteiger partial charge in [-0.05, 0) is 36.2 Å². The number of carbonyl (C=O) groups excluding carboxylic acids is 1. The minimum atomic E-state index is -2.44. The number of alkyl halides is 2. The summed E-state index contributed by atoms with van der Waals surface area (Å²) < 4.78 is 36.0. The second-order valence-electron chi connectivity index (χ2n) is 6.24. The molecule has 30 heavy (non-hydrogen) atoms. The Balaban J connectivity index is 1.98. The Morgan fingerprint density at radius 2 is 2.13 bits per heavy atom. The lowest BCUT2D eigenvalue weighted by Gasteiger charge is -2.10. The van der Waals surface area contributed by atoms with E-state index in [1.165, 1.54) is 11.8 Å². The standard InChI is InChI=1S/C18H19ClF2N6O3/c1-10-3-5-22-12(9-10)23-16-15-13(24-18(19)25-16)14(17(28)29-2)26-27(15)6-8-30-7-4-11(20)21/h3,5,9,11H,4,6-8H2,1-2H3,(H,22,23,24,25). The largest absolute Gasteiger partial charge is 0.464 e. The number of halogens is 3. The zero-order chi connectivity index (χ0) is 21.7. The first-order valence-corrected chi connectivity index (χ1v) is 9.34. The van der Waals surface area contributed by atoms with E-state index in [0.717, 1.165) is 5.56 Å². The Morgan fingerprint density at radius 3 is 2.83 bits per heavy atom. The van der Waals surface area contributed by atoms with Crippen LogP contribution in [-0.2, 0) is 16.0 Å². The predicted octanol–water partition coefficient (Wildman–Crippen LogP) is 3.39. The fraction of sp³-hybridized carbons (Fsp3) is 0.389. The molecule has 0 atom stereocenters. The highest BCUT2D eigenvalue weighted by Gasteiger charge is 2.23. The molecular formula is C18H19ClF2N6O3. The van der Waals surface area contributed by atoms with E-state index in [1.54, 1.807) is 12.3 Å². The molecule has 1 N–H and O–H groups in total. The van der Waals surface area contributed by atoms with Crippen molar-refractivity contribution in [1.82, 2.24) is 24.7 Å². The molecule has 0 aliphatic heterocycles. The van der Waals surface area contributed by atoms with Crippen molar-refractivity contribution in [2.24, 2.45) is 0 Å². The van der Waals surface area contributed by atoms with Crippen LogP contribution in [-0.4, -0.2) is 57.5 Å². The maximum atomic E-state index is 12.3. The molecule has 0 saturated heterocycles. The first kappa shape index (κ1) is 21.8. The molecule has 0 saturated carbocycles. The normalized spacial score (nSPS) is 11.3. The van der Waals surface area contributed by atoms with E-state index in [2.05, 4.69) is 25.4 Å². The van der Waals surface area contributed by atoms with E-state index in [4.69, 9.17) is 21.1 Å². The van der Waals surface area contributed by atoms with Gasteiger partial charge in [-0.15, -0.1) is 0 Å². The number of hydrogen-bond acceptors (Lipinski definition) is 8. The molecular weight excluding hydrogens is 422 g/mol. The molecule has 0 fully saturated rings. The number of fused-ring (bicyclic) bond motifs is 1. The number of pyridine rings is 1. The summed E-state index contributed by atoms with van der Waals surface area (Å²) in [4.78, 5) is 24.7. The third-order valence-electron chi connectivity index (χ3n) is 4.03. The van der Waals surface area contributed by atoms with Crippen molar-refractivity contribution in [2.45, 2.75) is 26.3 Å². The molecule has 0 bridgehead atoms. The number of aryl methyl sites for hydroxylation is 1. The van der Waals surface area contributed by atoms with Crippen LogP contribution in [0.15, 0.2) is 18.3 Å². The minimum Gasteiger partial charge on any atom is -0.464 e. The summed E-state index contributed by atoms with van der Waals surface area (Å²) in [6, 6.07) is 3.64. The smallest absolute Gasteiger partial charge is 0.360 e. The van der Waals surface area contributed by atoms with Crippen molar-refractivity contribution in [3.05, 3.63) is 34.9 Å². The molecule has 0 radical (unpaired) electrons. The summed E-state index contributed by atoms with van der Waals surface area (Å²) in [5.41, 5.74) is 1.48. The molecule has 12 heteroatoms. The second kappa shape index (κ2) is 9.72. The van der Waals surface area contributed by atoms with Gasteiger partial charge in [-0.25, -0.2) is 23.5 Å². The number of nitrogens with zero attached hydrogens (tertiary/aromatic N) is 5. The summed E-state index contributed by atoms with van der Waals surface area (Å²) in [5, 5.41) is 7.20. The van der Waals surface area contributed by atoms with Gasteiger partial charge in [-0.2, -0.15) is 10.1 Å². The van der Waals surface area contributed by atoms with Crippen LogP contribution in [0.4, 0.5) is 20.4 Å². The molecule has 3 heterocycles. The third kappa shape index (κ3) is 5.16. The third-order valence-corrected chi connectivity index (χ3v) is 4.20. The average molecular weight is 441 g/mol. The molecule has 3 rings (SSSR count). The van der Waals surface area contributed by atoms with Crippen molar-refractivity contribution >= 4 is 40.2 Å². The van der Waals surface area contributed by atoms with Gasteiger partial charge in [0, 0.05) is 12.6 Å². The second-order valence-corrected chi connectivity index (χ2v) is 6.58. The van der Waals surface area contributed by atoms with E-state index in [1.807, 2.05) is 13.0 Å². The van der Waals surface area contributed by atoms with Crippen LogP contribution in [0.2, 0.25) is 5.28 Å². The Bertz CT molecular complexity index is 1050. The number of esters is 1. The lowest BCUT2D eigenvalue weighted by atomic mass is 10.3. The van der Waals surface area contributed by atoms with Gasteiger partial charge in [0.2, 0.25) is 11.7 Å². The van der Waals surface area contributed by atoms with E-state index < -0.39 is 12.4 Å². The van der Waals surface area contributed by atoms with Crippen molar-refractivity contribution in [3.8, 4) is 0 Å². The van der Waals surface area contributed by atoms with Gasteiger partial charge in [0.25, 0.3) is 0 Å². The lowest BCUT2D eigenvalue weighted by molar-refractivity contribution is 0.0582. The van der Waals surface area contributed by atoms with Crippen LogP contribution in [0.3, 0.4) is 0 Å². The Labute approximate surface area is 175 Å². The van der Waals surface area contributed by atoms with Crippen molar-refractivity contribution in [2.75, 3.05) is 25.6 Å². The quantitative estimate of drug-likeness (QED) is 0.307. The fourth-order valence-corrected chi connectivity index (χ4v) is 2.86. The van der Waals surface area contributed by atoms with Gasteiger partial charge in [-0.3, -0.25) is 4.68 Å². The maximum Gasteiger partial charge on any atom is 0.360 e. The zero-order valence-electron chi connectivity index (χ0n) is 16.2. The fourth-order valence-electron chi connectivity index (χ4n) is 2.69. The average Bonchev–Trinajstić information content (AvgIpc) is 3.05. The highest BCUT2D eigenvalue weighted by molar-refractivity contribution is 6.29. The molecule has 0 unspecified atom stereocenters. The first-order chi connectivity index (χ1) is 14.4. The topological polar surface area (TPSA) is 104 Å². The number of aromatic nitrogens is 5. The van der Waals surface area contributed by atoms with Crippen LogP contribution in [0.1, 0.15) is 22.5 Å². The predicted molar refractivity (Wildman–Crippen MR) is 105 cm³/mol. The van der Waals surface area contributed by atoms with Crippen LogP contribution in [0, 0.1) is 6.92 Å². The number of carbonyl (C=O) groups is 1. The van der Waals surface area contributed by atoms with Crippen LogP contribution in [0.5, 0.6) is 0 Å². The van der Waals surface area contributed by atoms with Gasteiger partial charge in [0.05, 0.1) is 26.9 Å². The summed E-state index contributed by atoms with van der Waals surface area (Å²) in [5.74, 6) is 0.0803. The Hall–Kier alpha value is -2.92. The molecule has 0 aliphatic rings. The SMILES string of the molecule is COC(=O)c1nn(CCOCCC(F)F)c2c(Nc3cc(C)ccn3)nc(Cl)nc12. The van der Waals surface area contributed by atoms with E-state index in [-0.39, 0.29) is 48.5 Å². The van der Waals surface area contributed by atoms with Crippen LogP contribution < -0.4 is 5.32 Å². The molecule has 3 aromatic rings. The summed E-state index contributed by atoms with van der Waals surface area (Å²) in [6.45, 7) is 2.07. The van der Waals surface area contributed by atoms with Crippen molar-refractivity contribution in [3.63, 3.8) is 0 Å². The number of rotatable bonds is 9. The van der Waals surface area contributed by atoms with E-state index >= 15 is 0 Å². The summed E-state index contributed by atoms with van der Waals surface area (Å²) in [7, 11) is 1.22. The number of nitrogens with one attached hydrogen (secondary N) is 1. The minimum absolute atomic E-state index is 0.0513. The van der Waals surface area contributed by atoms with Gasteiger partial charge in [-0.1, -0.05) is 0 Å². The monoisotopic (exact) mass is 440 g/mol. The van der Waals surface area contributed by atoms with Crippen LogP contribution >= 0.6 is 11.6 Å². The Morgan fingerprint density at radius 1 is 1.33 bits per heavy atom.